The van der Waals surface area contributed by atoms with Crippen molar-refractivity contribution in [3.05, 3.63) is 119 Å². The number of pyridine rings is 1. The van der Waals surface area contributed by atoms with Crippen molar-refractivity contribution in [3.8, 4) is 17.2 Å². The van der Waals surface area contributed by atoms with Gasteiger partial charge in [0.1, 0.15) is 23.9 Å². The molecule has 0 unspecified atom stereocenters. The fourth-order valence-electron chi connectivity index (χ4n) is 4.20. The van der Waals surface area contributed by atoms with Crippen LogP contribution in [0.1, 0.15) is 37.4 Å². The Kier molecular flexibility index (Phi) is 8.45. The van der Waals surface area contributed by atoms with Gasteiger partial charge in [-0.1, -0.05) is 24.3 Å². The fourth-order valence-corrected chi connectivity index (χ4v) is 4.20. The Morgan fingerprint density at radius 2 is 1.85 bits per heavy atom. The number of ether oxygens (including phenoxy) is 3. The molecule has 39 heavy (non-hydrogen) atoms. The highest BCUT2D eigenvalue weighted by molar-refractivity contribution is 5.95. The van der Waals surface area contributed by atoms with E-state index in [1.54, 1.807) is 24.5 Å². The van der Waals surface area contributed by atoms with Crippen LogP contribution in [0.25, 0.3) is 0 Å². The zero-order chi connectivity index (χ0) is 26.9. The minimum atomic E-state index is -0.190. The second kappa shape index (κ2) is 12.7. The quantitative estimate of drug-likeness (QED) is 0.399. The molecule has 0 saturated heterocycles. The maximum atomic E-state index is 13.0. The van der Waals surface area contributed by atoms with Crippen LogP contribution in [0.3, 0.4) is 0 Å². The van der Waals surface area contributed by atoms with Crippen molar-refractivity contribution in [2.24, 2.45) is 0 Å². The number of rotatable bonds is 5. The van der Waals surface area contributed by atoms with E-state index in [-0.39, 0.29) is 11.8 Å². The molecule has 1 aromatic heterocycles. The van der Waals surface area contributed by atoms with Gasteiger partial charge in [0.15, 0.2) is 0 Å². The van der Waals surface area contributed by atoms with E-state index in [2.05, 4.69) is 15.6 Å². The highest BCUT2D eigenvalue weighted by Crippen LogP contribution is 2.25. The average Bonchev–Trinajstić information content (AvgIpc) is 2.97. The summed E-state index contributed by atoms with van der Waals surface area (Å²) in [5, 5.41) is 5.85. The zero-order valence-corrected chi connectivity index (χ0v) is 21.4. The van der Waals surface area contributed by atoms with E-state index in [1.807, 2.05) is 66.7 Å². The first kappa shape index (κ1) is 25.9. The summed E-state index contributed by atoms with van der Waals surface area (Å²) in [6.07, 6.45) is 3.85. The molecular weight excluding hydrogens is 494 g/mol. The van der Waals surface area contributed by atoms with Gasteiger partial charge >= 0.3 is 0 Å². The topological polar surface area (TPSA) is 98.8 Å². The lowest BCUT2D eigenvalue weighted by atomic mass is 9.99. The highest BCUT2D eigenvalue weighted by Gasteiger charge is 2.14. The summed E-state index contributed by atoms with van der Waals surface area (Å²) in [5.41, 5.74) is 3.86. The molecule has 8 heteroatoms. The minimum absolute atomic E-state index is 0.140. The van der Waals surface area contributed by atoms with Crippen LogP contribution in [0.4, 0.5) is 0 Å². The normalized spacial score (nSPS) is 13.7. The van der Waals surface area contributed by atoms with Gasteiger partial charge in [0.05, 0.1) is 19.4 Å². The van der Waals surface area contributed by atoms with Crippen molar-refractivity contribution in [2.75, 3.05) is 26.4 Å². The van der Waals surface area contributed by atoms with Gasteiger partial charge in [-0.2, -0.15) is 0 Å². The van der Waals surface area contributed by atoms with Crippen LogP contribution in [0.15, 0.2) is 91.3 Å². The van der Waals surface area contributed by atoms with E-state index in [0.717, 1.165) is 16.7 Å². The van der Waals surface area contributed by atoms with Crippen LogP contribution in [0, 0.1) is 0 Å². The summed E-state index contributed by atoms with van der Waals surface area (Å²) < 4.78 is 17.3. The van der Waals surface area contributed by atoms with E-state index in [0.29, 0.717) is 67.7 Å². The lowest BCUT2D eigenvalue weighted by Gasteiger charge is -2.15. The van der Waals surface area contributed by atoms with Crippen LogP contribution in [-0.4, -0.2) is 43.2 Å². The van der Waals surface area contributed by atoms with Crippen molar-refractivity contribution in [1.29, 1.82) is 0 Å². The zero-order valence-electron chi connectivity index (χ0n) is 21.4. The van der Waals surface area contributed by atoms with Gasteiger partial charge in [-0.25, -0.2) is 0 Å². The molecule has 3 aromatic carbocycles. The summed E-state index contributed by atoms with van der Waals surface area (Å²) in [6.45, 7) is 1.97. The molecule has 0 aliphatic carbocycles. The van der Waals surface area contributed by atoms with Gasteiger partial charge in [-0.3, -0.25) is 14.6 Å². The number of nitrogens with one attached hydrogen (secondary N) is 2. The number of benzene rings is 3. The smallest absolute Gasteiger partial charge is 0.251 e. The Balaban J connectivity index is 1.27. The van der Waals surface area contributed by atoms with E-state index in [1.165, 1.54) is 0 Å². The molecule has 2 bridgehead atoms. The van der Waals surface area contributed by atoms with Gasteiger partial charge in [0.25, 0.3) is 11.8 Å². The van der Waals surface area contributed by atoms with Gasteiger partial charge in [-0.15, -0.1) is 0 Å². The van der Waals surface area contributed by atoms with Crippen LogP contribution < -0.4 is 20.1 Å². The van der Waals surface area contributed by atoms with Crippen molar-refractivity contribution >= 4 is 11.8 Å². The Morgan fingerprint density at radius 1 is 0.949 bits per heavy atom. The van der Waals surface area contributed by atoms with Gasteiger partial charge < -0.3 is 24.8 Å². The van der Waals surface area contributed by atoms with Crippen molar-refractivity contribution in [3.63, 3.8) is 0 Å². The molecule has 0 fully saturated rings. The summed E-state index contributed by atoms with van der Waals surface area (Å²) in [5.74, 6) is 1.71. The van der Waals surface area contributed by atoms with Gasteiger partial charge in [0.2, 0.25) is 0 Å². The molecule has 1 aliphatic heterocycles. The van der Waals surface area contributed by atoms with E-state index in [4.69, 9.17) is 14.2 Å². The van der Waals surface area contributed by atoms with E-state index in [9.17, 15) is 9.59 Å². The molecule has 0 spiro atoms. The van der Waals surface area contributed by atoms with Gasteiger partial charge in [0, 0.05) is 36.8 Å². The Hall–Kier alpha value is -4.69. The summed E-state index contributed by atoms with van der Waals surface area (Å²) >= 11 is 0. The monoisotopic (exact) mass is 523 g/mol. The molecule has 0 radical (unpaired) electrons. The molecule has 8 nitrogen and oxygen atoms in total. The second-order valence-electron chi connectivity index (χ2n) is 9.03. The maximum Gasteiger partial charge on any atom is 0.251 e. The standard InChI is InChI=1S/C31H29N3O5/c35-30-24-4-1-3-23(17-24)18-26-19-25(8-11-29(26)38-16-15-37-14-13-33-30)31(36)34-20-22-6-9-27(10-7-22)39-28-5-2-12-32-21-28/h1-12,17,19,21H,13-16,18,20H2,(H,33,35)(H,34,36). The number of nitrogens with zero attached hydrogens (tertiary/aromatic N) is 1. The number of carbonyl (C=O) groups is 2. The number of carbonyl (C=O) groups excluding carboxylic acids is 2. The number of aromatic nitrogens is 1. The van der Waals surface area contributed by atoms with Crippen molar-refractivity contribution < 1.29 is 23.8 Å². The summed E-state index contributed by atoms with van der Waals surface area (Å²) in [6, 6.07) is 24.1. The molecule has 0 atom stereocenters. The SMILES string of the molecule is O=C1NCCOCCOc2ccc(C(=O)NCc3ccc(Oc4cccnc4)cc3)cc2Cc2cccc1c2. The first-order valence-electron chi connectivity index (χ1n) is 12.8. The third-order valence-corrected chi connectivity index (χ3v) is 6.17. The lowest BCUT2D eigenvalue weighted by molar-refractivity contribution is 0.0865. The number of hydrogen-bond acceptors (Lipinski definition) is 6. The largest absolute Gasteiger partial charge is 0.491 e. The molecule has 2 amide bonds. The van der Waals surface area contributed by atoms with Gasteiger partial charge in [-0.05, 0) is 71.3 Å². The van der Waals surface area contributed by atoms with Crippen molar-refractivity contribution in [1.82, 2.24) is 15.6 Å². The molecule has 1 aliphatic rings. The number of amides is 2. The third kappa shape index (κ3) is 7.21. The van der Waals surface area contributed by atoms with Crippen LogP contribution >= 0.6 is 0 Å². The summed E-state index contributed by atoms with van der Waals surface area (Å²) in [4.78, 5) is 29.6. The van der Waals surface area contributed by atoms with Crippen LogP contribution in [0.5, 0.6) is 17.2 Å². The minimum Gasteiger partial charge on any atom is -0.491 e. The van der Waals surface area contributed by atoms with Crippen LogP contribution in [-0.2, 0) is 17.7 Å². The summed E-state index contributed by atoms with van der Waals surface area (Å²) in [7, 11) is 0. The maximum absolute atomic E-state index is 13.0. The Labute approximate surface area is 226 Å². The molecular formula is C31H29N3O5. The molecule has 2 heterocycles. The lowest BCUT2D eigenvalue weighted by Crippen LogP contribution is -2.28. The second-order valence-corrected chi connectivity index (χ2v) is 9.03. The van der Waals surface area contributed by atoms with Crippen molar-refractivity contribution in [2.45, 2.75) is 13.0 Å². The fraction of sp³-hybridized carbons (Fsp3) is 0.194. The predicted molar refractivity (Wildman–Crippen MR) is 146 cm³/mol. The van der Waals surface area contributed by atoms with E-state index < -0.39 is 0 Å². The van der Waals surface area contributed by atoms with Crippen LogP contribution in [0.2, 0.25) is 0 Å². The molecule has 2 N–H and O–H groups in total. The number of hydrogen-bond donors (Lipinski definition) is 2. The highest BCUT2D eigenvalue weighted by atomic mass is 16.5. The molecule has 0 saturated carbocycles. The number of fused-ring (bicyclic) bond motifs is 3. The molecule has 4 aromatic rings. The van der Waals surface area contributed by atoms with E-state index >= 15 is 0 Å². The Bertz CT molecular complexity index is 1420. The third-order valence-electron chi connectivity index (χ3n) is 6.17. The predicted octanol–water partition coefficient (Wildman–Crippen LogP) is 4.53. The Morgan fingerprint density at radius 3 is 2.69 bits per heavy atom. The molecule has 5 rings (SSSR count). The molecule has 198 valence electrons. The first-order valence-corrected chi connectivity index (χ1v) is 12.8. The average molecular weight is 524 g/mol. The first-order chi connectivity index (χ1) is 19.1.